The average molecular weight is 409 g/mol. The number of nitrogens with zero attached hydrogens (tertiary/aromatic N) is 1. The number of hydrogen-bond donors (Lipinski definition) is 1. The van der Waals surface area contributed by atoms with Crippen molar-refractivity contribution in [2.24, 2.45) is 0 Å². The molecule has 0 radical (unpaired) electrons. The Labute approximate surface area is 171 Å². The van der Waals surface area contributed by atoms with E-state index < -0.39 is 11.1 Å². The highest BCUT2D eigenvalue weighted by Crippen LogP contribution is 2.26. The van der Waals surface area contributed by atoms with E-state index in [-0.39, 0.29) is 5.09 Å². The number of fused-ring (bicyclic) bond motifs is 1. The van der Waals surface area contributed by atoms with Gasteiger partial charge in [-0.3, -0.25) is 0 Å². The van der Waals surface area contributed by atoms with Crippen molar-refractivity contribution < 1.29 is 22.1 Å². The monoisotopic (exact) mass is 409 g/mol. The molecule has 148 valence electrons. The average Bonchev–Trinajstić information content (AvgIpc) is 3.14. The minimum absolute atomic E-state index is 0.273. The minimum atomic E-state index is -1.76. The van der Waals surface area contributed by atoms with Crippen LogP contribution in [0.25, 0.3) is 11.0 Å². The van der Waals surface area contributed by atoms with Crippen LogP contribution in [-0.2, 0) is 17.6 Å². The number of rotatable bonds is 7. The Morgan fingerprint density at radius 1 is 1.03 bits per heavy atom. The second kappa shape index (κ2) is 8.36. The van der Waals surface area contributed by atoms with Crippen molar-refractivity contribution in [2.75, 3.05) is 12.3 Å². The van der Waals surface area contributed by atoms with Crippen LogP contribution >= 0.6 is 0 Å². The Balaban J connectivity index is 1.42. The van der Waals surface area contributed by atoms with E-state index in [0.717, 1.165) is 16.6 Å². The van der Waals surface area contributed by atoms with Gasteiger partial charge in [-0.25, -0.2) is 8.78 Å². The molecule has 0 aliphatic rings. The zero-order chi connectivity index (χ0) is 20.2. The summed E-state index contributed by atoms with van der Waals surface area (Å²) in [6.07, 6.45) is 3.81. The molecule has 1 unspecified atom stereocenters. The molecule has 0 aliphatic heterocycles. The molecule has 0 bridgehead atoms. The topological polar surface area (TPSA) is 78.6 Å². The van der Waals surface area contributed by atoms with Crippen molar-refractivity contribution in [1.29, 1.82) is 0 Å². The quantitative estimate of drug-likeness (QED) is 0.470. The zero-order valence-electron chi connectivity index (χ0n) is 15.9. The smallest absolute Gasteiger partial charge is 0.277 e. The first-order chi connectivity index (χ1) is 14.1. The molecule has 0 saturated heterocycles. The number of anilines is 1. The number of aromatic nitrogens is 1. The molecule has 0 spiro atoms. The number of benzene rings is 2. The Bertz CT molecular complexity index is 1120. The molecule has 0 fully saturated rings. The molecule has 6 nitrogen and oxygen atoms in total. The van der Waals surface area contributed by atoms with Crippen LogP contribution in [0.15, 0.2) is 82.6 Å². The third-order valence-corrected chi connectivity index (χ3v) is 5.17. The molecular weight excluding hydrogens is 388 g/mol. The van der Waals surface area contributed by atoms with E-state index in [1.54, 1.807) is 12.1 Å². The van der Waals surface area contributed by atoms with Gasteiger partial charge in [0, 0.05) is 35.3 Å². The van der Waals surface area contributed by atoms with Gasteiger partial charge in [0.2, 0.25) is 5.09 Å². The summed E-state index contributed by atoms with van der Waals surface area (Å²) in [7, 11) is 0. The van der Waals surface area contributed by atoms with Crippen molar-refractivity contribution in [3.63, 3.8) is 0 Å². The number of para-hydroxylation sites is 1. The third-order valence-electron chi connectivity index (χ3n) is 4.30. The number of nitrogens with two attached hydrogens (primary N) is 1. The van der Waals surface area contributed by atoms with E-state index in [1.165, 1.54) is 0 Å². The molecule has 29 heavy (non-hydrogen) atoms. The number of hydrogen-bond acceptors (Lipinski definition) is 5. The Kier molecular flexibility index (Phi) is 5.48. The Morgan fingerprint density at radius 2 is 1.79 bits per heavy atom. The molecule has 7 heteroatoms. The van der Waals surface area contributed by atoms with Crippen molar-refractivity contribution in [1.82, 2.24) is 0 Å². The molecular formula is C22H21N2O4S+. The van der Waals surface area contributed by atoms with Crippen LogP contribution in [0.5, 0.6) is 11.5 Å². The molecule has 0 saturated carbocycles. The van der Waals surface area contributed by atoms with E-state index in [2.05, 4.69) is 0 Å². The number of ether oxygens (including phenoxy) is 1. The first-order valence-electron chi connectivity index (χ1n) is 9.14. The molecule has 4 rings (SSSR count). The van der Waals surface area contributed by atoms with Crippen LogP contribution in [0, 0.1) is 6.92 Å². The van der Waals surface area contributed by atoms with Gasteiger partial charge in [-0.1, -0.05) is 18.2 Å². The van der Waals surface area contributed by atoms with Crippen LogP contribution in [0.3, 0.4) is 0 Å². The summed E-state index contributed by atoms with van der Waals surface area (Å²) in [6.45, 7) is 3.08. The molecule has 2 aromatic heterocycles. The number of nitrogen functional groups attached to an aromatic ring is 1. The van der Waals surface area contributed by atoms with Gasteiger partial charge in [-0.2, -0.15) is 0 Å². The third kappa shape index (κ3) is 4.75. The van der Waals surface area contributed by atoms with Crippen LogP contribution in [-0.4, -0.2) is 10.8 Å². The minimum Gasteiger partial charge on any atom is -0.487 e. The molecule has 2 heterocycles. The summed E-state index contributed by atoms with van der Waals surface area (Å²) in [6, 6.07) is 18.3. The second-order valence-electron chi connectivity index (χ2n) is 6.62. The lowest BCUT2D eigenvalue weighted by atomic mass is 10.2. The largest absolute Gasteiger partial charge is 0.487 e. The standard InChI is InChI=1S/C22H20N2O4S/c1-16-12-19(26-11-10-24-8-6-18(23)7-9-24)15-20(13-16)28-29(25)22-14-17-4-2-3-5-21(17)27-22/h2-9,12-15,23H,10-11H2,1H3/p+1. The second-order valence-corrected chi connectivity index (χ2v) is 7.66. The number of furan rings is 1. The van der Waals surface area contributed by atoms with E-state index in [0.29, 0.717) is 30.2 Å². The van der Waals surface area contributed by atoms with E-state index in [4.69, 9.17) is 19.1 Å². The van der Waals surface area contributed by atoms with Gasteiger partial charge in [-0.05, 0) is 30.7 Å². The van der Waals surface area contributed by atoms with Gasteiger partial charge in [0.05, 0.1) is 0 Å². The first-order valence-corrected chi connectivity index (χ1v) is 10.2. The number of pyridine rings is 1. The normalized spacial score (nSPS) is 12.0. The maximum atomic E-state index is 12.6. The van der Waals surface area contributed by atoms with Crippen LogP contribution in [0.1, 0.15) is 5.56 Å². The lowest BCUT2D eigenvalue weighted by Gasteiger charge is -2.09. The highest BCUT2D eigenvalue weighted by Gasteiger charge is 2.14. The first kappa shape index (κ1) is 19.0. The Morgan fingerprint density at radius 3 is 2.59 bits per heavy atom. The SMILES string of the molecule is Cc1cc(OCC[n+]2ccc(N)cc2)cc(OS(=O)c2cc3ccccc3o2)c1. The van der Waals surface area contributed by atoms with Crippen molar-refractivity contribution in [3.8, 4) is 11.5 Å². The molecule has 0 amide bonds. The van der Waals surface area contributed by atoms with E-state index >= 15 is 0 Å². The van der Waals surface area contributed by atoms with Gasteiger partial charge in [0.15, 0.2) is 18.9 Å². The molecule has 2 aromatic carbocycles. The van der Waals surface area contributed by atoms with E-state index in [9.17, 15) is 4.21 Å². The van der Waals surface area contributed by atoms with Crippen molar-refractivity contribution in [2.45, 2.75) is 18.6 Å². The maximum Gasteiger partial charge on any atom is 0.277 e. The van der Waals surface area contributed by atoms with Crippen LogP contribution in [0.2, 0.25) is 0 Å². The summed E-state index contributed by atoms with van der Waals surface area (Å²) >= 11 is -1.76. The highest BCUT2D eigenvalue weighted by molar-refractivity contribution is 7.80. The zero-order valence-corrected chi connectivity index (χ0v) is 16.7. The number of aryl methyl sites for hydroxylation is 1. The summed E-state index contributed by atoms with van der Waals surface area (Å²) in [5.41, 5.74) is 8.03. The van der Waals surface area contributed by atoms with Crippen LogP contribution in [0.4, 0.5) is 5.69 Å². The van der Waals surface area contributed by atoms with Crippen molar-refractivity contribution >= 4 is 27.7 Å². The lowest BCUT2D eigenvalue weighted by molar-refractivity contribution is -0.697. The maximum absolute atomic E-state index is 12.6. The van der Waals surface area contributed by atoms with Gasteiger partial charge < -0.3 is 19.1 Å². The summed E-state index contributed by atoms with van der Waals surface area (Å²) in [5, 5.41) is 1.16. The molecule has 2 N–H and O–H groups in total. The van der Waals surface area contributed by atoms with Gasteiger partial charge in [0.25, 0.3) is 11.1 Å². The summed E-state index contributed by atoms with van der Waals surface area (Å²) in [4.78, 5) is 0. The molecule has 1 atom stereocenters. The molecule has 4 aromatic rings. The predicted molar refractivity (Wildman–Crippen MR) is 111 cm³/mol. The van der Waals surface area contributed by atoms with Gasteiger partial charge in [-0.15, -0.1) is 0 Å². The summed E-state index contributed by atoms with van der Waals surface area (Å²) < 4.78 is 31.6. The molecule has 0 aliphatic carbocycles. The van der Waals surface area contributed by atoms with Crippen molar-refractivity contribution in [3.05, 3.63) is 78.6 Å². The fraction of sp³-hybridized carbons (Fsp3) is 0.136. The lowest BCUT2D eigenvalue weighted by Crippen LogP contribution is -2.35. The fourth-order valence-corrected chi connectivity index (χ4v) is 3.63. The van der Waals surface area contributed by atoms with E-state index in [1.807, 2.05) is 72.4 Å². The predicted octanol–water partition coefficient (Wildman–Crippen LogP) is 3.79. The summed E-state index contributed by atoms with van der Waals surface area (Å²) in [5.74, 6) is 1.11. The van der Waals surface area contributed by atoms with Gasteiger partial charge >= 0.3 is 0 Å². The highest BCUT2D eigenvalue weighted by atomic mass is 32.2. The fourth-order valence-electron chi connectivity index (χ4n) is 2.90. The van der Waals surface area contributed by atoms with Crippen LogP contribution < -0.4 is 19.2 Å². The Hall–Kier alpha value is -3.32. The van der Waals surface area contributed by atoms with Gasteiger partial charge in [0.1, 0.15) is 23.7 Å².